The Bertz CT molecular complexity index is 1030. The Morgan fingerprint density at radius 2 is 1.79 bits per heavy atom. The lowest BCUT2D eigenvalue weighted by Gasteiger charge is -2.37. The molecule has 2 aromatic rings. The molecule has 5 rings (SSSR count). The van der Waals surface area contributed by atoms with Crippen molar-refractivity contribution in [2.45, 2.75) is 62.6 Å². The molecule has 2 aliphatic heterocycles. The SMILES string of the molecule is CS(=O)(=O)N1C2CCC1CC(NC(=O)c1cc(C3CC3)nc3ccccc13)C2. The zero-order valence-electron chi connectivity index (χ0n) is 16.0. The molecule has 2 atom stereocenters. The van der Waals surface area contributed by atoms with Gasteiger partial charge in [-0.15, -0.1) is 0 Å². The third kappa shape index (κ3) is 3.20. The summed E-state index contributed by atoms with van der Waals surface area (Å²) in [5.74, 6) is 0.405. The van der Waals surface area contributed by atoms with Gasteiger partial charge in [-0.2, -0.15) is 4.31 Å². The molecule has 2 saturated heterocycles. The summed E-state index contributed by atoms with van der Waals surface area (Å²) in [7, 11) is -3.19. The second-order valence-corrected chi connectivity index (χ2v) is 10.4. The summed E-state index contributed by atoms with van der Waals surface area (Å²) in [5.41, 5.74) is 2.56. The maximum absolute atomic E-state index is 13.2. The van der Waals surface area contributed by atoms with Crippen molar-refractivity contribution in [3.63, 3.8) is 0 Å². The van der Waals surface area contributed by atoms with E-state index in [4.69, 9.17) is 4.98 Å². The Kier molecular flexibility index (Phi) is 4.21. The summed E-state index contributed by atoms with van der Waals surface area (Å²) in [4.78, 5) is 17.9. The maximum atomic E-state index is 13.2. The molecule has 7 heteroatoms. The monoisotopic (exact) mass is 399 g/mol. The van der Waals surface area contributed by atoms with E-state index in [1.807, 2.05) is 30.3 Å². The Labute approximate surface area is 165 Å². The second-order valence-electron chi connectivity index (χ2n) is 8.51. The molecule has 3 aliphatic rings. The first-order valence-corrected chi connectivity index (χ1v) is 11.9. The second kappa shape index (κ2) is 6.52. The van der Waals surface area contributed by atoms with Crippen LogP contribution in [-0.4, -0.2) is 48.0 Å². The van der Waals surface area contributed by atoms with Crippen LogP contribution in [0, 0.1) is 0 Å². The first-order chi connectivity index (χ1) is 13.4. The molecule has 1 N–H and O–H groups in total. The van der Waals surface area contributed by atoms with E-state index in [0.29, 0.717) is 24.3 Å². The molecule has 2 bridgehead atoms. The van der Waals surface area contributed by atoms with Crippen molar-refractivity contribution in [1.29, 1.82) is 0 Å². The molecule has 3 fully saturated rings. The lowest BCUT2D eigenvalue weighted by atomic mass is 9.98. The van der Waals surface area contributed by atoms with Crippen LogP contribution in [0.15, 0.2) is 30.3 Å². The highest BCUT2D eigenvalue weighted by atomic mass is 32.2. The molecule has 1 amide bonds. The third-order valence-electron chi connectivity index (χ3n) is 6.36. The minimum absolute atomic E-state index is 0.00950. The number of nitrogens with one attached hydrogen (secondary N) is 1. The minimum Gasteiger partial charge on any atom is -0.349 e. The van der Waals surface area contributed by atoms with Gasteiger partial charge in [0, 0.05) is 35.1 Å². The van der Waals surface area contributed by atoms with Gasteiger partial charge in [-0.25, -0.2) is 8.42 Å². The zero-order valence-corrected chi connectivity index (χ0v) is 16.8. The van der Waals surface area contributed by atoms with Crippen molar-refractivity contribution < 1.29 is 13.2 Å². The van der Waals surface area contributed by atoms with Gasteiger partial charge in [0.05, 0.1) is 17.3 Å². The molecule has 1 aromatic heterocycles. The summed E-state index contributed by atoms with van der Waals surface area (Å²) in [5, 5.41) is 4.07. The molecule has 1 aliphatic carbocycles. The number of carbonyl (C=O) groups is 1. The molecule has 6 nitrogen and oxygen atoms in total. The molecule has 0 radical (unpaired) electrons. The molecule has 28 heavy (non-hydrogen) atoms. The molecular weight excluding hydrogens is 374 g/mol. The normalized spacial score (nSPS) is 27.8. The van der Waals surface area contributed by atoms with Gasteiger partial charge in [-0.05, 0) is 50.7 Å². The fraction of sp³-hybridized carbons (Fsp3) is 0.524. The highest BCUT2D eigenvalue weighted by molar-refractivity contribution is 7.88. The molecule has 1 aromatic carbocycles. The van der Waals surface area contributed by atoms with Crippen LogP contribution in [0.5, 0.6) is 0 Å². The quantitative estimate of drug-likeness (QED) is 0.857. The van der Waals surface area contributed by atoms with Gasteiger partial charge in [0.1, 0.15) is 0 Å². The number of piperidine rings is 1. The number of nitrogens with zero attached hydrogens (tertiary/aromatic N) is 2. The highest BCUT2D eigenvalue weighted by Gasteiger charge is 2.45. The number of rotatable bonds is 4. The first kappa shape index (κ1) is 18.1. The van der Waals surface area contributed by atoms with E-state index in [9.17, 15) is 13.2 Å². The van der Waals surface area contributed by atoms with Crippen molar-refractivity contribution in [3.05, 3.63) is 41.6 Å². The standard InChI is InChI=1S/C21H25N3O3S/c1-28(26,27)24-15-8-9-16(24)11-14(10-15)22-21(25)18-12-20(13-6-7-13)23-19-5-3-2-4-17(18)19/h2-5,12-16H,6-11H2,1H3,(H,22,25). The Balaban J connectivity index is 1.40. The fourth-order valence-electron chi connectivity index (χ4n) is 5.03. The number of aromatic nitrogens is 1. The van der Waals surface area contributed by atoms with Gasteiger partial charge in [-0.1, -0.05) is 18.2 Å². The predicted molar refractivity (Wildman–Crippen MR) is 108 cm³/mol. The lowest BCUT2D eigenvalue weighted by Crippen LogP contribution is -2.52. The number of sulfonamides is 1. The molecule has 3 heterocycles. The van der Waals surface area contributed by atoms with Gasteiger partial charge < -0.3 is 5.32 Å². The van der Waals surface area contributed by atoms with Crippen LogP contribution >= 0.6 is 0 Å². The molecule has 2 unspecified atom stereocenters. The van der Waals surface area contributed by atoms with Crippen LogP contribution in [0.3, 0.4) is 0 Å². The maximum Gasteiger partial charge on any atom is 0.252 e. The number of fused-ring (bicyclic) bond motifs is 3. The number of para-hydroxylation sites is 1. The molecule has 1 saturated carbocycles. The highest BCUT2D eigenvalue weighted by Crippen LogP contribution is 2.40. The van der Waals surface area contributed by atoms with Crippen molar-refractivity contribution in [2.24, 2.45) is 0 Å². The van der Waals surface area contributed by atoms with Crippen LogP contribution < -0.4 is 5.32 Å². The predicted octanol–water partition coefficient (Wildman–Crippen LogP) is 2.80. The van der Waals surface area contributed by atoms with Gasteiger partial charge in [0.15, 0.2) is 0 Å². The van der Waals surface area contributed by atoms with Crippen LogP contribution in [0.2, 0.25) is 0 Å². The smallest absolute Gasteiger partial charge is 0.252 e. The molecular formula is C21H25N3O3S. The molecule has 148 valence electrons. The Morgan fingerprint density at radius 1 is 1.11 bits per heavy atom. The van der Waals surface area contributed by atoms with E-state index in [1.54, 1.807) is 4.31 Å². The Morgan fingerprint density at radius 3 is 2.43 bits per heavy atom. The van der Waals surface area contributed by atoms with E-state index in [0.717, 1.165) is 42.3 Å². The van der Waals surface area contributed by atoms with Gasteiger partial charge in [-0.3, -0.25) is 9.78 Å². The van der Waals surface area contributed by atoms with Crippen LogP contribution in [0.25, 0.3) is 10.9 Å². The summed E-state index contributed by atoms with van der Waals surface area (Å²) in [6.45, 7) is 0. The number of hydrogen-bond donors (Lipinski definition) is 1. The van der Waals surface area contributed by atoms with E-state index in [2.05, 4.69) is 5.32 Å². The average Bonchev–Trinajstić information content (AvgIpc) is 3.45. The number of hydrogen-bond acceptors (Lipinski definition) is 4. The average molecular weight is 400 g/mol. The van der Waals surface area contributed by atoms with Crippen molar-refractivity contribution in [2.75, 3.05) is 6.26 Å². The summed E-state index contributed by atoms with van der Waals surface area (Å²) in [6.07, 6.45) is 6.71. The van der Waals surface area contributed by atoms with E-state index in [1.165, 1.54) is 6.26 Å². The van der Waals surface area contributed by atoms with E-state index >= 15 is 0 Å². The largest absolute Gasteiger partial charge is 0.349 e. The minimum atomic E-state index is -3.19. The van der Waals surface area contributed by atoms with Crippen molar-refractivity contribution in [1.82, 2.24) is 14.6 Å². The van der Waals surface area contributed by atoms with Gasteiger partial charge >= 0.3 is 0 Å². The topological polar surface area (TPSA) is 79.4 Å². The first-order valence-electron chi connectivity index (χ1n) is 10.1. The van der Waals surface area contributed by atoms with Crippen molar-refractivity contribution >= 4 is 26.8 Å². The van der Waals surface area contributed by atoms with Crippen LogP contribution in [0.4, 0.5) is 0 Å². The van der Waals surface area contributed by atoms with Crippen LogP contribution in [-0.2, 0) is 10.0 Å². The third-order valence-corrected chi connectivity index (χ3v) is 7.72. The van der Waals surface area contributed by atoms with E-state index < -0.39 is 10.0 Å². The molecule has 0 spiro atoms. The van der Waals surface area contributed by atoms with Crippen molar-refractivity contribution in [3.8, 4) is 0 Å². The Hall–Kier alpha value is -1.99. The number of pyridine rings is 1. The van der Waals surface area contributed by atoms with Gasteiger partial charge in [0.2, 0.25) is 10.0 Å². The van der Waals surface area contributed by atoms with Crippen LogP contribution in [0.1, 0.15) is 60.5 Å². The summed E-state index contributed by atoms with van der Waals surface area (Å²) < 4.78 is 25.8. The summed E-state index contributed by atoms with van der Waals surface area (Å²) >= 11 is 0. The van der Waals surface area contributed by atoms with Gasteiger partial charge in [0.25, 0.3) is 5.91 Å². The lowest BCUT2D eigenvalue weighted by molar-refractivity contribution is 0.0911. The number of benzene rings is 1. The fourth-order valence-corrected chi connectivity index (χ4v) is 6.49. The van der Waals surface area contributed by atoms with E-state index in [-0.39, 0.29) is 24.0 Å². The number of carbonyl (C=O) groups excluding carboxylic acids is 1. The number of amides is 1. The summed E-state index contributed by atoms with van der Waals surface area (Å²) in [6, 6.07) is 9.78. The zero-order chi connectivity index (χ0) is 19.5.